The Kier molecular flexibility index (Phi) is 7.96. The van der Waals surface area contributed by atoms with Crippen molar-refractivity contribution in [3.05, 3.63) is 0 Å². The number of unbranched alkanes of at least 4 members (excludes halogenated alkanes) is 1. The maximum absolute atomic E-state index is 8.91. The molecule has 0 radical (unpaired) electrons. The summed E-state index contributed by atoms with van der Waals surface area (Å²) in [4.78, 5) is 0. The first-order valence-corrected chi connectivity index (χ1v) is 4.53. The highest BCUT2D eigenvalue weighted by Gasteiger charge is 1.94. The molecule has 2 heteroatoms. The van der Waals surface area contributed by atoms with Crippen LogP contribution in [0.2, 0.25) is 0 Å². The summed E-state index contributed by atoms with van der Waals surface area (Å²) >= 11 is 0. The Morgan fingerprint density at radius 1 is 1.27 bits per heavy atom. The van der Waals surface area contributed by atoms with Crippen molar-refractivity contribution < 1.29 is 9.84 Å². The summed E-state index contributed by atoms with van der Waals surface area (Å²) in [5, 5.41) is 8.91. The Morgan fingerprint density at radius 3 is 2.55 bits per heavy atom. The van der Waals surface area contributed by atoms with Gasteiger partial charge in [-0.3, -0.25) is 0 Å². The van der Waals surface area contributed by atoms with Crippen molar-refractivity contribution in [3.63, 3.8) is 0 Å². The van der Waals surface area contributed by atoms with Crippen molar-refractivity contribution in [1.29, 1.82) is 0 Å². The molecule has 1 N–H and O–H groups in total. The second-order valence-electron chi connectivity index (χ2n) is 2.96. The summed E-state index contributed by atoms with van der Waals surface area (Å²) in [5.41, 5.74) is 0. The summed E-state index contributed by atoms with van der Waals surface area (Å²) in [7, 11) is 0. The predicted octanol–water partition coefficient (Wildman–Crippen LogP) is 1.96. The van der Waals surface area contributed by atoms with Gasteiger partial charge in [-0.25, -0.2) is 0 Å². The first-order valence-electron chi connectivity index (χ1n) is 4.53. The van der Waals surface area contributed by atoms with Gasteiger partial charge in [-0.2, -0.15) is 0 Å². The van der Waals surface area contributed by atoms with Gasteiger partial charge in [-0.05, 0) is 32.6 Å². The lowest BCUT2D eigenvalue weighted by Crippen LogP contribution is -2.01. The third kappa shape index (κ3) is 9.92. The van der Waals surface area contributed by atoms with Gasteiger partial charge in [0.25, 0.3) is 0 Å². The van der Waals surface area contributed by atoms with E-state index in [1.54, 1.807) is 0 Å². The molecule has 0 spiro atoms. The molecule has 0 aliphatic rings. The minimum atomic E-state index is -0.152. The minimum absolute atomic E-state index is 0.152. The van der Waals surface area contributed by atoms with Crippen LogP contribution in [0.3, 0.4) is 0 Å². The summed E-state index contributed by atoms with van der Waals surface area (Å²) in [6.07, 6.45) is 3.99. The minimum Gasteiger partial charge on any atom is -0.393 e. The van der Waals surface area contributed by atoms with E-state index in [0.717, 1.165) is 38.9 Å². The van der Waals surface area contributed by atoms with Crippen molar-refractivity contribution in [2.75, 3.05) is 13.2 Å². The molecule has 11 heavy (non-hydrogen) atoms. The van der Waals surface area contributed by atoms with Crippen LogP contribution in [0.25, 0.3) is 0 Å². The monoisotopic (exact) mass is 160 g/mol. The van der Waals surface area contributed by atoms with E-state index in [2.05, 4.69) is 6.92 Å². The van der Waals surface area contributed by atoms with Crippen molar-refractivity contribution >= 4 is 0 Å². The molecule has 0 bridgehead atoms. The first kappa shape index (κ1) is 10.9. The normalized spacial score (nSPS) is 13.4. The van der Waals surface area contributed by atoms with Crippen LogP contribution in [-0.4, -0.2) is 24.4 Å². The van der Waals surface area contributed by atoms with Gasteiger partial charge in [0.2, 0.25) is 0 Å². The van der Waals surface area contributed by atoms with Gasteiger partial charge in [0, 0.05) is 13.2 Å². The predicted molar refractivity (Wildman–Crippen MR) is 46.6 cm³/mol. The number of hydrogen-bond donors (Lipinski definition) is 1. The number of aliphatic hydroxyl groups excluding tert-OH is 1. The molecule has 0 aliphatic heterocycles. The fourth-order valence-electron chi connectivity index (χ4n) is 0.890. The van der Waals surface area contributed by atoms with Crippen molar-refractivity contribution in [2.45, 2.75) is 45.6 Å². The van der Waals surface area contributed by atoms with Gasteiger partial charge in [0.15, 0.2) is 0 Å². The molecule has 2 nitrogen and oxygen atoms in total. The number of rotatable bonds is 7. The molecule has 0 aromatic heterocycles. The summed E-state index contributed by atoms with van der Waals surface area (Å²) < 4.78 is 5.28. The van der Waals surface area contributed by atoms with Gasteiger partial charge in [0.1, 0.15) is 0 Å². The first-order chi connectivity index (χ1) is 5.27. The van der Waals surface area contributed by atoms with E-state index in [9.17, 15) is 0 Å². The SMILES string of the molecule is CCCOCCCCC(C)O. The maximum Gasteiger partial charge on any atom is 0.0512 e. The second-order valence-corrected chi connectivity index (χ2v) is 2.96. The van der Waals surface area contributed by atoms with Crippen LogP contribution in [0.1, 0.15) is 39.5 Å². The van der Waals surface area contributed by atoms with E-state index in [1.165, 1.54) is 0 Å². The molecule has 1 unspecified atom stereocenters. The summed E-state index contributed by atoms with van der Waals surface area (Å²) in [6.45, 7) is 5.65. The van der Waals surface area contributed by atoms with Gasteiger partial charge >= 0.3 is 0 Å². The van der Waals surface area contributed by atoms with E-state index < -0.39 is 0 Å². The fourth-order valence-corrected chi connectivity index (χ4v) is 0.890. The van der Waals surface area contributed by atoms with Crippen LogP contribution >= 0.6 is 0 Å². The highest BCUT2D eigenvalue weighted by molar-refractivity contribution is 4.47. The Morgan fingerprint density at radius 2 is 2.00 bits per heavy atom. The Labute approximate surface area is 69.6 Å². The molecular formula is C9H20O2. The largest absolute Gasteiger partial charge is 0.393 e. The highest BCUT2D eigenvalue weighted by Crippen LogP contribution is 1.99. The second kappa shape index (κ2) is 8.02. The summed E-state index contributed by atoms with van der Waals surface area (Å²) in [5.74, 6) is 0. The molecule has 0 aromatic carbocycles. The van der Waals surface area contributed by atoms with Gasteiger partial charge in [-0.15, -0.1) is 0 Å². The van der Waals surface area contributed by atoms with Gasteiger partial charge in [-0.1, -0.05) is 6.92 Å². The van der Waals surface area contributed by atoms with Crippen LogP contribution in [0, 0.1) is 0 Å². The lowest BCUT2D eigenvalue weighted by atomic mass is 10.2. The van der Waals surface area contributed by atoms with Crippen molar-refractivity contribution in [3.8, 4) is 0 Å². The Hall–Kier alpha value is -0.0800. The Bertz CT molecular complexity index is 72.0. The third-order valence-electron chi connectivity index (χ3n) is 1.51. The zero-order valence-corrected chi connectivity index (χ0v) is 7.68. The van der Waals surface area contributed by atoms with Crippen LogP contribution in [-0.2, 0) is 4.74 Å². The van der Waals surface area contributed by atoms with Crippen LogP contribution in [0.5, 0.6) is 0 Å². The van der Waals surface area contributed by atoms with Gasteiger partial charge < -0.3 is 9.84 Å². The van der Waals surface area contributed by atoms with Crippen LogP contribution in [0.4, 0.5) is 0 Å². The molecule has 0 heterocycles. The average Bonchev–Trinajstić information content (AvgIpc) is 1.96. The van der Waals surface area contributed by atoms with E-state index in [1.807, 2.05) is 6.92 Å². The summed E-state index contributed by atoms with van der Waals surface area (Å²) in [6, 6.07) is 0. The highest BCUT2D eigenvalue weighted by atomic mass is 16.5. The molecule has 0 saturated carbocycles. The van der Waals surface area contributed by atoms with E-state index >= 15 is 0 Å². The molecular weight excluding hydrogens is 140 g/mol. The third-order valence-corrected chi connectivity index (χ3v) is 1.51. The zero-order chi connectivity index (χ0) is 8.53. The molecule has 1 atom stereocenters. The molecule has 0 aromatic rings. The average molecular weight is 160 g/mol. The van der Waals surface area contributed by atoms with Crippen molar-refractivity contribution in [2.24, 2.45) is 0 Å². The quantitative estimate of drug-likeness (QED) is 0.577. The lowest BCUT2D eigenvalue weighted by molar-refractivity contribution is 0.123. The van der Waals surface area contributed by atoms with E-state index in [0.29, 0.717) is 0 Å². The standard InChI is InChI=1S/C9H20O2/c1-3-7-11-8-5-4-6-9(2)10/h9-10H,3-8H2,1-2H3. The molecule has 68 valence electrons. The number of ether oxygens (including phenoxy) is 1. The van der Waals surface area contributed by atoms with Gasteiger partial charge in [0.05, 0.1) is 6.10 Å². The molecule has 0 saturated heterocycles. The van der Waals surface area contributed by atoms with Crippen LogP contribution in [0.15, 0.2) is 0 Å². The topological polar surface area (TPSA) is 29.5 Å². The number of hydrogen-bond acceptors (Lipinski definition) is 2. The molecule has 0 amide bonds. The zero-order valence-electron chi connectivity index (χ0n) is 7.68. The smallest absolute Gasteiger partial charge is 0.0512 e. The Balaban J connectivity index is 2.80. The molecule has 0 aliphatic carbocycles. The molecule has 0 rings (SSSR count). The maximum atomic E-state index is 8.91. The fraction of sp³-hybridized carbons (Fsp3) is 1.00. The van der Waals surface area contributed by atoms with Crippen molar-refractivity contribution in [1.82, 2.24) is 0 Å². The van der Waals surface area contributed by atoms with E-state index in [4.69, 9.17) is 9.84 Å². The van der Waals surface area contributed by atoms with Crippen LogP contribution < -0.4 is 0 Å². The lowest BCUT2D eigenvalue weighted by Gasteiger charge is -2.03. The molecule has 0 fully saturated rings. The number of aliphatic hydroxyl groups is 1. The van der Waals surface area contributed by atoms with E-state index in [-0.39, 0.29) is 6.10 Å².